The van der Waals surface area contributed by atoms with Crippen molar-refractivity contribution in [3.05, 3.63) is 6.07 Å². The molecular formula is C16H24F2N4OS. The Morgan fingerprint density at radius 1 is 1.12 bits per heavy atom. The van der Waals surface area contributed by atoms with Gasteiger partial charge in [-0.3, -0.25) is 0 Å². The summed E-state index contributed by atoms with van der Waals surface area (Å²) >= 11 is 1.47. The van der Waals surface area contributed by atoms with E-state index >= 15 is 0 Å². The van der Waals surface area contributed by atoms with Gasteiger partial charge in [-0.15, -0.1) is 0 Å². The van der Waals surface area contributed by atoms with Crippen molar-refractivity contribution in [1.29, 1.82) is 0 Å². The van der Waals surface area contributed by atoms with Gasteiger partial charge in [-0.05, 0) is 20.1 Å². The fourth-order valence-electron chi connectivity index (χ4n) is 3.14. The molecule has 2 aliphatic heterocycles. The molecule has 1 aromatic heterocycles. The number of hydrogen-bond donors (Lipinski definition) is 0. The summed E-state index contributed by atoms with van der Waals surface area (Å²) in [4.78, 5) is 13.3. The van der Waals surface area contributed by atoms with Gasteiger partial charge in [0.1, 0.15) is 11.6 Å². The number of halogens is 2. The third kappa shape index (κ3) is 3.74. The van der Waals surface area contributed by atoms with E-state index in [4.69, 9.17) is 4.74 Å². The first-order chi connectivity index (χ1) is 11.3. The normalized spacial score (nSPS) is 23.4. The standard InChI is InChI=1S/C16H24F2N4OS/c1-15(2)11-23-9-8-22(15)13-10-12(19-14(20-13)24-3)21-6-4-16(17,18)5-7-21/h10H,4-9,11H2,1-3H3. The molecule has 0 amide bonds. The summed E-state index contributed by atoms with van der Waals surface area (Å²) in [5.41, 5.74) is -0.158. The van der Waals surface area contributed by atoms with Gasteiger partial charge in [0.05, 0.1) is 18.8 Å². The molecule has 2 aliphatic rings. The Morgan fingerprint density at radius 2 is 1.79 bits per heavy atom. The molecule has 8 heteroatoms. The van der Waals surface area contributed by atoms with Gasteiger partial charge in [0.2, 0.25) is 0 Å². The van der Waals surface area contributed by atoms with Gasteiger partial charge in [0.15, 0.2) is 5.16 Å². The number of aromatic nitrogens is 2. The molecule has 0 radical (unpaired) electrons. The van der Waals surface area contributed by atoms with Gasteiger partial charge in [-0.1, -0.05) is 11.8 Å². The molecule has 0 aromatic carbocycles. The number of thioether (sulfide) groups is 1. The summed E-state index contributed by atoms with van der Waals surface area (Å²) in [5.74, 6) is -0.974. The van der Waals surface area contributed by atoms with Crippen LogP contribution < -0.4 is 9.80 Å². The molecule has 1 aromatic rings. The van der Waals surface area contributed by atoms with E-state index in [0.29, 0.717) is 31.5 Å². The fourth-order valence-corrected chi connectivity index (χ4v) is 3.51. The number of ether oxygens (including phenoxy) is 1. The summed E-state index contributed by atoms with van der Waals surface area (Å²) in [7, 11) is 0. The van der Waals surface area contributed by atoms with Crippen LogP contribution in [0, 0.1) is 0 Å². The van der Waals surface area contributed by atoms with Crippen LogP contribution in [0.4, 0.5) is 20.4 Å². The first kappa shape index (κ1) is 17.7. The average molecular weight is 358 g/mol. The van der Waals surface area contributed by atoms with Crippen molar-refractivity contribution in [3.63, 3.8) is 0 Å². The zero-order chi connectivity index (χ0) is 17.4. The molecule has 0 spiro atoms. The highest BCUT2D eigenvalue weighted by atomic mass is 32.2. The van der Waals surface area contributed by atoms with E-state index in [1.807, 2.05) is 17.2 Å². The second-order valence-corrected chi connectivity index (χ2v) is 7.70. The van der Waals surface area contributed by atoms with Crippen LogP contribution in [-0.2, 0) is 4.74 Å². The highest BCUT2D eigenvalue weighted by Crippen LogP contribution is 2.33. The lowest BCUT2D eigenvalue weighted by atomic mass is 10.0. The topological polar surface area (TPSA) is 41.5 Å². The number of rotatable bonds is 3. The van der Waals surface area contributed by atoms with Crippen LogP contribution in [0.2, 0.25) is 0 Å². The van der Waals surface area contributed by atoms with Crippen LogP contribution >= 0.6 is 11.8 Å². The van der Waals surface area contributed by atoms with Crippen molar-refractivity contribution in [2.45, 2.75) is 43.3 Å². The Balaban J connectivity index is 1.88. The molecule has 0 atom stereocenters. The molecule has 0 aliphatic carbocycles. The van der Waals surface area contributed by atoms with Crippen molar-refractivity contribution >= 4 is 23.4 Å². The summed E-state index contributed by atoms with van der Waals surface area (Å²) in [6.45, 7) is 6.94. The predicted octanol–water partition coefficient (Wildman–Crippen LogP) is 3.05. The average Bonchev–Trinajstić information content (AvgIpc) is 2.54. The second kappa shape index (κ2) is 6.63. The monoisotopic (exact) mass is 358 g/mol. The summed E-state index contributed by atoms with van der Waals surface area (Å²) in [6, 6.07) is 1.93. The zero-order valence-electron chi connectivity index (χ0n) is 14.4. The maximum atomic E-state index is 13.4. The number of alkyl halides is 2. The molecule has 134 valence electrons. The van der Waals surface area contributed by atoms with Gasteiger partial charge in [-0.25, -0.2) is 18.7 Å². The minimum Gasteiger partial charge on any atom is -0.377 e. The molecule has 0 N–H and O–H groups in total. The molecule has 0 bridgehead atoms. The van der Waals surface area contributed by atoms with E-state index in [1.165, 1.54) is 11.8 Å². The second-order valence-electron chi connectivity index (χ2n) is 6.93. The minimum atomic E-state index is -2.55. The summed E-state index contributed by atoms with van der Waals surface area (Å²) in [5, 5.41) is 0.669. The summed E-state index contributed by atoms with van der Waals surface area (Å²) in [6.07, 6.45) is 1.69. The van der Waals surface area contributed by atoms with Crippen molar-refractivity contribution in [2.75, 3.05) is 48.9 Å². The first-order valence-corrected chi connectivity index (χ1v) is 9.44. The van der Waals surface area contributed by atoms with Gasteiger partial charge >= 0.3 is 0 Å². The SMILES string of the molecule is CSc1nc(N2CCC(F)(F)CC2)cc(N2CCOCC2(C)C)n1. The molecule has 3 heterocycles. The minimum absolute atomic E-state index is 0.121. The quantitative estimate of drug-likeness (QED) is 0.611. The Bertz CT molecular complexity index is 589. The van der Waals surface area contributed by atoms with E-state index in [-0.39, 0.29) is 18.4 Å². The van der Waals surface area contributed by atoms with Crippen LogP contribution in [0.5, 0.6) is 0 Å². The van der Waals surface area contributed by atoms with Gasteiger partial charge in [-0.2, -0.15) is 0 Å². The van der Waals surface area contributed by atoms with Crippen LogP contribution in [-0.4, -0.2) is 60.5 Å². The highest BCUT2D eigenvalue weighted by molar-refractivity contribution is 7.98. The Hall–Kier alpha value is -1.15. The Kier molecular flexibility index (Phi) is 4.88. The fraction of sp³-hybridized carbons (Fsp3) is 0.750. The number of anilines is 2. The first-order valence-electron chi connectivity index (χ1n) is 8.22. The van der Waals surface area contributed by atoms with E-state index in [1.54, 1.807) is 0 Å². The van der Waals surface area contributed by atoms with Gasteiger partial charge < -0.3 is 14.5 Å². The molecule has 2 saturated heterocycles. The largest absolute Gasteiger partial charge is 0.377 e. The number of piperidine rings is 1. The maximum absolute atomic E-state index is 13.4. The number of nitrogens with zero attached hydrogens (tertiary/aromatic N) is 4. The van der Waals surface area contributed by atoms with Crippen LogP contribution in [0.15, 0.2) is 11.2 Å². The van der Waals surface area contributed by atoms with E-state index < -0.39 is 5.92 Å². The third-order valence-corrected chi connectivity index (χ3v) is 5.15. The predicted molar refractivity (Wildman–Crippen MR) is 92.5 cm³/mol. The lowest BCUT2D eigenvalue weighted by molar-refractivity contribution is -0.0221. The van der Waals surface area contributed by atoms with E-state index in [9.17, 15) is 8.78 Å². The van der Waals surface area contributed by atoms with Gasteiger partial charge in [0, 0.05) is 38.5 Å². The molecule has 5 nitrogen and oxygen atoms in total. The van der Waals surface area contributed by atoms with Crippen LogP contribution in [0.1, 0.15) is 26.7 Å². The van der Waals surface area contributed by atoms with Crippen LogP contribution in [0.25, 0.3) is 0 Å². The van der Waals surface area contributed by atoms with Crippen molar-refractivity contribution in [2.24, 2.45) is 0 Å². The Morgan fingerprint density at radius 3 is 2.42 bits per heavy atom. The van der Waals surface area contributed by atoms with Crippen molar-refractivity contribution in [1.82, 2.24) is 9.97 Å². The number of morpholine rings is 1. The summed E-state index contributed by atoms with van der Waals surface area (Å²) < 4.78 is 32.4. The Labute approximate surface area is 145 Å². The highest BCUT2D eigenvalue weighted by Gasteiger charge is 2.36. The molecule has 2 fully saturated rings. The van der Waals surface area contributed by atoms with Crippen LogP contribution in [0.3, 0.4) is 0 Å². The molecular weight excluding hydrogens is 334 g/mol. The van der Waals surface area contributed by atoms with E-state index in [2.05, 4.69) is 28.7 Å². The van der Waals surface area contributed by atoms with Crippen molar-refractivity contribution in [3.8, 4) is 0 Å². The third-order valence-electron chi connectivity index (χ3n) is 4.60. The number of hydrogen-bond acceptors (Lipinski definition) is 6. The lowest BCUT2D eigenvalue weighted by Gasteiger charge is -2.43. The van der Waals surface area contributed by atoms with E-state index in [0.717, 1.165) is 18.2 Å². The lowest BCUT2D eigenvalue weighted by Crippen LogP contribution is -2.53. The van der Waals surface area contributed by atoms with Crippen molar-refractivity contribution < 1.29 is 13.5 Å². The molecule has 0 saturated carbocycles. The van der Waals surface area contributed by atoms with Gasteiger partial charge in [0.25, 0.3) is 5.92 Å². The smallest absolute Gasteiger partial charge is 0.251 e. The molecule has 3 rings (SSSR count). The maximum Gasteiger partial charge on any atom is 0.251 e. The molecule has 0 unspecified atom stereocenters. The zero-order valence-corrected chi connectivity index (χ0v) is 15.2. The molecule has 24 heavy (non-hydrogen) atoms.